The second-order valence-electron chi connectivity index (χ2n) is 3.62. The predicted molar refractivity (Wildman–Crippen MR) is 73.8 cm³/mol. The third kappa shape index (κ3) is 4.46. The summed E-state index contributed by atoms with van der Waals surface area (Å²) in [6, 6.07) is 3.81. The van der Waals surface area contributed by atoms with Crippen LogP contribution in [0.3, 0.4) is 0 Å². The number of nitrogens with one attached hydrogen (secondary N) is 1. The second-order valence-corrected chi connectivity index (χ2v) is 4.03. The average Bonchev–Trinajstić information content (AvgIpc) is 2.46. The molecule has 1 N–H and O–H groups in total. The largest absolute Gasteiger partial charge is 0.466 e. The number of hydrogen-bond acceptors (Lipinski definition) is 7. The number of nitro benzene ring substituents is 1. The molecule has 1 aromatic rings. The number of benzene rings is 1. The van der Waals surface area contributed by atoms with E-state index in [2.05, 4.69) is 14.8 Å². The lowest BCUT2D eigenvalue weighted by molar-refractivity contribution is -0.384. The molecule has 0 saturated carbocycles. The van der Waals surface area contributed by atoms with Crippen molar-refractivity contribution in [3.63, 3.8) is 0 Å². The molecule has 0 aliphatic rings. The van der Waals surface area contributed by atoms with Crippen molar-refractivity contribution in [3.8, 4) is 0 Å². The van der Waals surface area contributed by atoms with Gasteiger partial charge in [-0.05, 0) is 12.1 Å². The molecule has 0 bridgehead atoms. The highest BCUT2D eigenvalue weighted by atomic mass is 35.5. The zero-order valence-electron chi connectivity index (χ0n) is 11.1. The zero-order valence-corrected chi connectivity index (χ0v) is 11.8. The van der Waals surface area contributed by atoms with E-state index in [9.17, 15) is 19.7 Å². The minimum absolute atomic E-state index is 0.0536. The molecule has 1 aromatic carbocycles. The smallest absolute Gasteiger partial charge is 0.354 e. The van der Waals surface area contributed by atoms with Crippen LogP contribution in [0.2, 0.25) is 5.02 Å². The van der Waals surface area contributed by atoms with Crippen molar-refractivity contribution in [2.24, 2.45) is 0 Å². The van der Waals surface area contributed by atoms with E-state index in [4.69, 9.17) is 11.6 Å². The van der Waals surface area contributed by atoms with E-state index in [1.54, 1.807) is 0 Å². The number of ether oxygens (including phenoxy) is 2. The minimum Gasteiger partial charge on any atom is -0.466 e. The van der Waals surface area contributed by atoms with Crippen LogP contribution in [0.4, 0.5) is 11.4 Å². The Morgan fingerprint density at radius 1 is 1.33 bits per heavy atom. The fourth-order valence-corrected chi connectivity index (χ4v) is 1.51. The Morgan fingerprint density at radius 3 is 2.52 bits per heavy atom. The van der Waals surface area contributed by atoms with Crippen LogP contribution in [0.1, 0.15) is 0 Å². The first-order valence-electron chi connectivity index (χ1n) is 5.48. The van der Waals surface area contributed by atoms with Crippen LogP contribution in [0.15, 0.2) is 30.0 Å². The summed E-state index contributed by atoms with van der Waals surface area (Å²) in [5, 5.41) is 13.3. The predicted octanol–water partition coefficient (Wildman–Crippen LogP) is 1.89. The lowest BCUT2D eigenvalue weighted by atomic mass is 10.2. The highest BCUT2D eigenvalue weighted by Gasteiger charge is 2.16. The number of halogens is 1. The van der Waals surface area contributed by atoms with Gasteiger partial charge in [-0.15, -0.1) is 0 Å². The number of rotatable bonds is 5. The Hall–Kier alpha value is -2.61. The van der Waals surface area contributed by atoms with Gasteiger partial charge in [0.25, 0.3) is 5.69 Å². The van der Waals surface area contributed by atoms with Crippen molar-refractivity contribution in [1.29, 1.82) is 0 Å². The third-order valence-corrected chi connectivity index (χ3v) is 2.61. The Morgan fingerprint density at radius 2 is 2.00 bits per heavy atom. The molecule has 0 saturated heterocycles. The van der Waals surface area contributed by atoms with E-state index in [0.717, 1.165) is 26.4 Å². The minimum atomic E-state index is -0.835. The molecule has 0 spiro atoms. The average molecular weight is 315 g/mol. The Bertz CT molecular complexity index is 614. The third-order valence-electron chi connectivity index (χ3n) is 2.29. The normalized spacial score (nSPS) is 10.7. The SMILES string of the molecule is COC(=O)C=C(Nc1ccc(Cl)c([N+](=O)[O-])c1)C(=O)OC. The number of anilines is 1. The number of hydrogen-bond donors (Lipinski definition) is 1. The lowest BCUT2D eigenvalue weighted by Gasteiger charge is -2.09. The van der Waals surface area contributed by atoms with Gasteiger partial charge in [0.1, 0.15) is 10.7 Å². The molecule has 0 radical (unpaired) electrons. The van der Waals surface area contributed by atoms with Crippen LogP contribution in [0.25, 0.3) is 0 Å². The van der Waals surface area contributed by atoms with Gasteiger partial charge in [0.15, 0.2) is 0 Å². The van der Waals surface area contributed by atoms with Crippen molar-refractivity contribution < 1.29 is 24.0 Å². The maximum atomic E-state index is 11.5. The summed E-state index contributed by atoms with van der Waals surface area (Å²) in [5.74, 6) is -1.62. The van der Waals surface area contributed by atoms with Crippen LogP contribution in [-0.4, -0.2) is 31.1 Å². The number of esters is 2. The van der Waals surface area contributed by atoms with Gasteiger partial charge in [-0.1, -0.05) is 11.6 Å². The summed E-state index contributed by atoms with van der Waals surface area (Å²) >= 11 is 5.67. The molecule has 21 heavy (non-hydrogen) atoms. The van der Waals surface area contributed by atoms with Crippen molar-refractivity contribution in [3.05, 3.63) is 45.1 Å². The fraction of sp³-hybridized carbons (Fsp3) is 0.167. The maximum Gasteiger partial charge on any atom is 0.354 e. The molecular weight excluding hydrogens is 304 g/mol. The fourth-order valence-electron chi connectivity index (χ4n) is 1.32. The molecular formula is C12H11ClN2O6. The lowest BCUT2D eigenvalue weighted by Crippen LogP contribution is -2.15. The highest BCUT2D eigenvalue weighted by Crippen LogP contribution is 2.28. The van der Waals surface area contributed by atoms with Gasteiger partial charge in [-0.2, -0.15) is 0 Å². The summed E-state index contributed by atoms with van der Waals surface area (Å²) < 4.78 is 8.90. The number of carbonyl (C=O) groups excluding carboxylic acids is 2. The number of methoxy groups -OCH3 is 2. The summed E-state index contributed by atoms with van der Waals surface area (Å²) in [4.78, 5) is 32.8. The molecule has 0 atom stereocenters. The molecule has 9 heteroatoms. The molecule has 0 heterocycles. The monoisotopic (exact) mass is 314 g/mol. The van der Waals surface area contributed by atoms with Gasteiger partial charge in [0.05, 0.1) is 25.2 Å². The second kappa shape index (κ2) is 7.25. The van der Waals surface area contributed by atoms with E-state index in [1.807, 2.05) is 0 Å². The van der Waals surface area contributed by atoms with E-state index in [1.165, 1.54) is 12.1 Å². The molecule has 1 rings (SSSR count). The van der Waals surface area contributed by atoms with Gasteiger partial charge < -0.3 is 14.8 Å². The first-order valence-corrected chi connectivity index (χ1v) is 5.85. The molecule has 0 aliphatic heterocycles. The zero-order chi connectivity index (χ0) is 16.0. The quantitative estimate of drug-likeness (QED) is 0.382. The van der Waals surface area contributed by atoms with Crippen LogP contribution in [0, 0.1) is 10.1 Å². The summed E-state index contributed by atoms with van der Waals surface area (Å²) in [6.07, 6.45) is 0.867. The van der Waals surface area contributed by atoms with E-state index in [0.29, 0.717) is 0 Å². The Labute approximate surface area is 124 Å². The van der Waals surface area contributed by atoms with Crippen molar-refractivity contribution in [1.82, 2.24) is 0 Å². The van der Waals surface area contributed by atoms with Crippen LogP contribution < -0.4 is 5.32 Å². The summed E-state index contributed by atoms with van der Waals surface area (Å²) in [7, 11) is 2.26. The van der Waals surface area contributed by atoms with Crippen molar-refractivity contribution >= 4 is 34.9 Å². The molecule has 0 unspecified atom stereocenters. The number of nitrogens with zero attached hydrogens (tertiary/aromatic N) is 1. The summed E-state index contributed by atoms with van der Waals surface area (Å²) in [5.41, 5.74) is -0.392. The van der Waals surface area contributed by atoms with E-state index in [-0.39, 0.29) is 22.1 Å². The molecule has 0 aliphatic carbocycles. The first kappa shape index (κ1) is 16.4. The van der Waals surface area contributed by atoms with Gasteiger partial charge in [0.2, 0.25) is 0 Å². The summed E-state index contributed by atoms with van der Waals surface area (Å²) in [6.45, 7) is 0. The van der Waals surface area contributed by atoms with Crippen LogP contribution in [-0.2, 0) is 19.1 Å². The molecule has 112 valence electrons. The van der Waals surface area contributed by atoms with Gasteiger partial charge in [-0.25, -0.2) is 9.59 Å². The molecule has 0 fully saturated rings. The maximum absolute atomic E-state index is 11.5. The highest BCUT2D eigenvalue weighted by molar-refractivity contribution is 6.32. The van der Waals surface area contributed by atoms with Crippen LogP contribution in [0.5, 0.6) is 0 Å². The van der Waals surface area contributed by atoms with Crippen molar-refractivity contribution in [2.45, 2.75) is 0 Å². The van der Waals surface area contributed by atoms with Crippen molar-refractivity contribution in [2.75, 3.05) is 19.5 Å². The molecule has 0 aromatic heterocycles. The Kier molecular flexibility index (Phi) is 5.67. The standard InChI is InChI=1S/C12H11ClN2O6/c1-20-11(16)6-9(12(17)21-2)14-7-3-4-8(13)10(5-7)15(18)19/h3-6,14H,1-2H3. The molecule has 0 amide bonds. The van der Waals surface area contributed by atoms with E-state index >= 15 is 0 Å². The first-order chi connectivity index (χ1) is 9.88. The van der Waals surface area contributed by atoms with E-state index < -0.39 is 16.9 Å². The topological polar surface area (TPSA) is 108 Å². The van der Waals surface area contributed by atoms with Gasteiger partial charge in [0, 0.05) is 11.8 Å². The van der Waals surface area contributed by atoms with Gasteiger partial charge >= 0.3 is 11.9 Å². The van der Waals surface area contributed by atoms with Gasteiger partial charge in [-0.3, -0.25) is 10.1 Å². The van der Waals surface area contributed by atoms with Crippen LogP contribution >= 0.6 is 11.6 Å². The Balaban J connectivity index is 3.12. The number of carbonyl (C=O) groups is 2. The molecule has 8 nitrogen and oxygen atoms in total. The number of nitro groups is 1.